The van der Waals surface area contributed by atoms with Gasteiger partial charge in [0.05, 0.1) is 16.4 Å². The van der Waals surface area contributed by atoms with Gasteiger partial charge in [0.2, 0.25) is 0 Å². The molecular weight excluding hydrogens is 243 g/mol. The van der Waals surface area contributed by atoms with E-state index in [2.05, 4.69) is 25.0 Å². The minimum Gasteiger partial charge on any atom is -0.268 e. The molecule has 90 valence electrons. The van der Waals surface area contributed by atoms with Gasteiger partial charge in [-0.05, 0) is 27.2 Å². The molecule has 0 spiro atoms. The topological polar surface area (TPSA) is 17.8 Å². The quantitative estimate of drug-likeness (QED) is 0.579. The first-order valence-corrected chi connectivity index (χ1v) is 6.44. The SMILES string of the molecule is CCn1nc(C)c(Cl)c1CC(C)=CCCCl. The van der Waals surface area contributed by atoms with Crippen LogP contribution in [0.1, 0.15) is 31.7 Å². The van der Waals surface area contributed by atoms with Gasteiger partial charge in [0.25, 0.3) is 0 Å². The van der Waals surface area contributed by atoms with E-state index in [0.29, 0.717) is 5.88 Å². The summed E-state index contributed by atoms with van der Waals surface area (Å²) in [6, 6.07) is 0. The Kier molecular flexibility index (Phi) is 5.36. The summed E-state index contributed by atoms with van der Waals surface area (Å²) in [5, 5.41) is 5.19. The van der Waals surface area contributed by atoms with Crippen LogP contribution in [0, 0.1) is 6.92 Å². The van der Waals surface area contributed by atoms with Gasteiger partial charge in [-0.3, -0.25) is 4.68 Å². The molecule has 1 heterocycles. The molecule has 1 rings (SSSR count). The highest BCUT2D eigenvalue weighted by Crippen LogP contribution is 2.22. The molecule has 0 aromatic carbocycles. The summed E-state index contributed by atoms with van der Waals surface area (Å²) in [6.45, 7) is 6.97. The van der Waals surface area contributed by atoms with Gasteiger partial charge in [-0.25, -0.2) is 0 Å². The van der Waals surface area contributed by atoms with E-state index in [9.17, 15) is 0 Å². The van der Waals surface area contributed by atoms with Crippen molar-refractivity contribution in [2.75, 3.05) is 5.88 Å². The van der Waals surface area contributed by atoms with E-state index >= 15 is 0 Å². The first kappa shape index (κ1) is 13.6. The minimum atomic E-state index is 0.664. The van der Waals surface area contributed by atoms with Crippen molar-refractivity contribution in [1.29, 1.82) is 0 Å². The maximum atomic E-state index is 6.23. The minimum absolute atomic E-state index is 0.664. The summed E-state index contributed by atoms with van der Waals surface area (Å²) >= 11 is 11.9. The molecule has 0 saturated heterocycles. The van der Waals surface area contributed by atoms with Crippen molar-refractivity contribution in [3.63, 3.8) is 0 Å². The summed E-state index contributed by atoms with van der Waals surface area (Å²) < 4.78 is 1.97. The molecule has 0 saturated carbocycles. The van der Waals surface area contributed by atoms with E-state index in [0.717, 1.165) is 35.8 Å². The second-order valence-corrected chi connectivity index (χ2v) is 4.62. The maximum absolute atomic E-state index is 6.23. The molecule has 0 bridgehead atoms. The lowest BCUT2D eigenvalue weighted by molar-refractivity contribution is 0.623. The zero-order chi connectivity index (χ0) is 12.1. The first-order chi connectivity index (χ1) is 7.60. The highest BCUT2D eigenvalue weighted by Gasteiger charge is 2.12. The van der Waals surface area contributed by atoms with Crippen molar-refractivity contribution >= 4 is 23.2 Å². The third-order valence-electron chi connectivity index (χ3n) is 2.50. The summed E-state index contributed by atoms with van der Waals surface area (Å²) in [7, 11) is 0. The fraction of sp³-hybridized carbons (Fsp3) is 0.583. The molecule has 0 radical (unpaired) electrons. The Morgan fingerprint density at radius 2 is 2.19 bits per heavy atom. The van der Waals surface area contributed by atoms with Crippen molar-refractivity contribution < 1.29 is 0 Å². The Morgan fingerprint density at radius 3 is 2.75 bits per heavy atom. The molecule has 2 nitrogen and oxygen atoms in total. The van der Waals surface area contributed by atoms with Gasteiger partial charge >= 0.3 is 0 Å². The van der Waals surface area contributed by atoms with Gasteiger partial charge in [0, 0.05) is 18.8 Å². The Morgan fingerprint density at radius 1 is 1.50 bits per heavy atom. The van der Waals surface area contributed by atoms with E-state index in [1.54, 1.807) is 0 Å². The molecule has 0 atom stereocenters. The normalized spacial score (nSPS) is 12.2. The Hall–Kier alpha value is -0.470. The lowest BCUT2D eigenvalue weighted by Crippen LogP contribution is -2.03. The number of aromatic nitrogens is 2. The molecule has 16 heavy (non-hydrogen) atoms. The predicted molar refractivity (Wildman–Crippen MR) is 70.4 cm³/mol. The van der Waals surface area contributed by atoms with E-state index in [1.807, 2.05) is 11.6 Å². The number of halogens is 2. The van der Waals surface area contributed by atoms with Crippen LogP contribution in [0.3, 0.4) is 0 Å². The van der Waals surface area contributed by atoms with Crippen LogP contribution in [-0.2, 0) is 13.0 Å². The van der Waals surface area contributed by atoms with E-state index in [4.69, 9.17) is 23.2 Å². The molecule has 0 N–H and O–H groups in total. The summed E-state index contributed by atoms with van der Waals surface area (Å²) in [5.41, 5.74) is 3.30. The smallest absolute Gasteiger partial charge is 0.0850 e. The average Bonchev–Trinajstić information content (AvgIpc) is 2.54. The molecule has 0 aliphatic rings. The van der Waals surface area contributed by atoms with Crippen molar-refractivity contribution in [2.24, 2.45) is 0 Å². The second-order valence-electron chi connectivity index (χ2n) is 3.87. The molecular formula is C12H18Cl2N2. The lowest BCUT2D eigenvalue weighted by Gasteiger charge is -2.05. The number of alkyl halides is 1. The van der Waals surface area contributed by atoms with Crippen LogP contribution in [0.4, 0.5) is 0 Å². The average molecular weight is 261 g/mol. The molecule has 0 fully saturated rings. The van der Waals surface area contributed by atoms with E-state index in [-0.39, 0.29) is 0 Å². The summed E-state index contributed by atoms with van der Waals surface area (Å²) in [4.78, 5) is 0. The number of hydrogen-bond acceptors (Lipinski definition) is 1. The van der Waals surface area contributed by atoms with Gasteiger partial charge in [0.15, 0.2) is 0 Å². The Balaban J connectivity index is 2.87. The van der Waals surface area contributed by atoms with Gasteiger partial charge in [-0.15, -0.1) is 11.6 Å². The Bertz CT molecular complexity index is 381. The molecule has 1 aromatic heterocycles. The zero-order valence-electron chi connectivity index (χ0n) is 10.1. The molecule has 0 unspecified atom stereocenters. The molecule has 1 aromatic rings. The number of allylic oxidation sites excluding steroid dienone is 2. The van der Waals surface area contributed by atoms with Gasteiger partial charge in [-0.2, -0.15) is 5.10 Å². The van der Waals surface area contributed by atoms with Crippen LogP contribution in [-0.4, -0.2) is 15.7 Å². The van der Waals surface area contributed by atoms with Crippen LogP contribution in [0.2, 0.25) is 5.02 Å². The largest absolute Gasteiger partial charge is 0.268 e. The monoisotopic (exact) mass is 260 g/mol. The van der Waals surface area contributed by atoms with Gasteiger partial charge < -0.3 is 0 Å². The molecule has 0 aliphatic heterocycles. The molecule has 0 aliphatic carbocycles. The van der Waals surface area contributed by atoms with Crippen LogP contribution in [0.25, 0.3) is 0 Å². The maximum Gasteiger partial charge on any atom is 0.0850 e. The summed E-state index contributed by atoms with van der Waals surface area (Å²) in [5.74, 6) is 0.664. The number of hydrogen-bond donors (Lipinski definition) is 0. The van der Waals surface area contributed by atoms with E-state index < -0.39 is 0 Å². The Labute approximate surface area is 107 Å². The van der Waals surface area contributed by atoms with Crippen LogP contribution >= 0.6 is 23.2 Å². The molecule has 0 amide bonds. The third kappa shape index (κ3) is 3.26. The number of aryl methyl sites for hydroxylation is 2. The van der Waals surface area contributed by atoms with Gasteiger partial charge in [0.1, 0.15) is 0 Å². The fourth-order valence-electron chi connectivity index (χ4n) is 1.68. The second kappa shape index (κ2) is 6.31. The fourth-order valence-corrected chi connectivity index (χ4v) is 1.99. The van der Waals surface area contributed by atoms with Crippen LogP contribution in [0.15, 0.2) is 11.6 Å². The van der Waals surface area contributed by atoms with Gasteiger partial charge in [-0.1, -0.05) is 23.3 Å². The number of rotatable bonds is 5. The molecule has 4 heteroatoms. The van der Waals surface area contributed by atoms with Crippen molar-refractivity contribution in [1.82, 2.24) is 9.78 Å². The van der Waals surface area contributed by atoms with Crippen LogP contribution < -0.4 is 0 Å². The zero-order valence-corrected chi connectivity index (χ0v) is 11.6. The predicted octanol–water partition coefficient (Wildman–Crippen LogP) is 3.98. The van der Waals surface area contributed by atoms with Crippen molar-refractivity contribution in [3.8, 4) is 0 Å². The van der Waals surface area contributed by atoms with E-state index in [1.165, 1.54) is 5.57 Å². The lowest BCUT2D eigenvalue weighted by atomic mass is 10.1. The number of nitrogens with zero attached hydrogens (tertiary/aromatic N) is 2. The van der Waals surface area contributed by atoms with Crippen LogP contribution in [0.5, 0.6) is 0 Å². The van der Waals surface area contributed by atoms with Crippen molar-refractivity contribution in [3.05, 3.63) is 28.1 Å². The highest BCUT2D eigenvalue weighted by atomic mass is 35.5. The van der Waals surface area contributed by atoms with Crippen molar-refractivity contribution in [2.45, 2.75) is 40.2 Å². The highest BCUT2D eigenvalue weighted by molar-refractivity contribution is 6.31. The standard InChI is InChI=1S/C12H18Cl2N2/c1-4-16-11(12(14)10(3)15-16)8-9(2)6-5-7-13/h6H,4-5,7-8H2,1-3H3. The third-order valence-corrected chi connectivity index (χ3v) is 3.21. The summed E-state index contributed by atoms with van der Waals surface area (Å²) in [6.07, 6.45) is 3.92. The first-order valence-electron chi connectivity index (χ1n) is 5.53.